The molecule has 0 aliphatic carbocycles. The van der Waals surface area contributed by atoms with E-state index < -0.39 is 15.9 Å². The Kier molecular flexibility index (Phi) is 5.35. The van der Waals surface area contributed by atoms with E-state index in [0.29, 0.717) is 33.6 Å². The summed E-state index contributed by atoms with van der Waals surface area (Å²) in [5.41, 5.74) is 0.491. The van der Waals surface area contributed by atoms with Gasteiger partial charge in [0.2, 0.25) is 15.9 Å². The van der Waals surface area contributed by atoms with Gasteiger partial charge < -0.3 is 4.42 Å². The fraction of sp³-hybridized carbons (Fsp3) is 0.462. The maximum atomic E-state index is 12.4. The molecule has 0 saturated carbocycles. The summed E-state index contributed by atoms with van der Waals surface area (Å²) in [4.78, 5) is 12.4. The molecule has 1 amide bonds. The van der Waals surface area contributed by atoms with Crippen LogP contribution in [0.2, 0.25) is 8.67 Å². The average molecular weight is 425 g/mol. The summed E-state index contributed by atoms with van der Waals surface area (Å²) in [7, 11) is -3.32. The molecule has 1 aliphatic heterocycles. The first-order valence-electron chi connectivity index (χ1n) is 7.28. The third-order valence-electron chi connectivity index (χ3n) is 3.77. The van der Waals surface area contributed by atoms with Gasteiger partial charge in [0.25, 0.3) is 5.89 Å². The molecule has 0 bridgehead atoms. The number of carbonyl (C=O) groups is 1. The largest absolute Gasteiger partial charge is 0.403 e. The smallest absolute Gasteiger partial charge is 0.322 e. The van der Waals surface area contributed by atoms with E-state index in [-0.39, 0.29) is 24.4 Å². The number of hydrogen-bond donors (Lipinski definition) is 1. The summed E-state index contributed by atoms with van der Waals surface area (Å²) < 4.78 is 30.9. The molecule has 136 valence electrons. The monoisotopic (exact) mass is 424 g/mol. The highest BCUT2D eigenvalue weighted by Crippen LogP contribution is 2.37. The van der Waals surface area contributed by atoms with Gasteiger partial charge in [-0.2, -0.15) is 0 Å². The molecule has 1 fully saturated rings. The van der Waals surface area contributed by atoms with Crippen molar-refractivity contribution in [2.24, 2.45) is 5.92 Å². The van der Waals surface area contributed by atoms with E-state index in [9.17, 15) is 13.2 Å². The van der Waals surface area contributed by atoms with Gasteiger partial charge in [-0.15, -0.1) is 16.4 Å². The Balaban J connectivity index is 1.68. The van der Waals surface area contributed by atoms with E-state index >= 15 is 0 Å². The molecule has 8 nitrogen and oxygen atoms in total. The number of thiophene rings is 1. The van der Waals surface area contributed by atoms with Crippen LogP contribution in [0.5, 0.6) is 0 Å². The maximum absolute atomic E-state index is 12.4. The molecule has 25 heavy (non-hydrogen) atoms. The first-order chi connectivity index (χ1) is 11.7. The van der Waals surface area contributed by atoms with Crippen LogP contribution in [0.15, 0.2) is 10.5 Å². The molecular formula is C13H14Cl2N4O4S2. The number of amides is 1. The molecule has 1 N–H and O–H groups in total. The average Bonchev–Trinajstić information content (AvgIpc) is 3.12. The standard InChI is InChI=1S/C13H14Cl2N4O4S2/c1-25(21,22)19-4-2-3-7(6-19)11(20)16-13-18-17-12(23-13)8-5-9(14)24-10(8)15/h5,7H,2-4,6H2,1H3,(H,16,18,20)/t7-/m1/s1. The van der Waals surface area contributed by atoms with Crippen molar-refractivity contribution in [3.05, 3.63) is 14.7 Å². The van der Waals surface area contributed by atoms with E-state index in [1.165, 1.54) is 15.6 Å². The zero-order valence-electron chi connectivity index (χ0n) is 13.0. The second-order valence-corrected chi connectivity index (χ2v) is 9.87. The number of aromatic nitrogens is 2. The highest BCUT2D eigenvalue weighted by molar-refractivity contribution is 7.88. The molecule has 2 aromatic heterocycles. The zero-order valence-corrected chi connectivity index (χ0v) is 16.2. The fourth-order valence-corrected chi connectivity index (χ4v) is 4.89. The number of carbonyl (C=O) groups excluding carboxylic acids is 1. The van der Waals surface area contributed by atoms with Crippen LogP contribution in [0.3, 0.4) is 0 Å². The number of piperidine rings is 1. The van der Waals surface area contributed by atoms with Crippen LogP contribution in [-0.2, 0) is 14.8 Å². The molecule has 0 aromatic carbocycles. The van der Waals surface area contributed by atoms with Crippen LogP contribution in [0.4, 0.5) is 6.01 Å². The minimum Gasteiger partial charge on any atom is -0.403 e. The van der Waals surface area contributed by atoms with Gasteiger partial charge >= 0.3 is 6.01 Å². The maximum Gasteiger partial charge on any atom is 0.322 e. The van der Waals surface area contributed by atoms with Gasteiger partial charge in [0.15, 0.2) is 0 Å². The van der Waals surface area contributed by atoms with Crippen molar-refractivity contribution in [3.8, 4) is 11.5 Å². The summed E-state index contributed by atoms with van der Waals surface area (Å²) in [6.07, 6.45) is 2.33. The number of nitrogens with one attached hydrogen (secondary N) is 1. The topological polar surface area (TPSA) is 105 Å². The molecule has 0 unspecified atom stereocenters. The van der Waals surface area contributed by atoms with E-state index in [0.717, 1.165) is 6.26 Å². The first-order valence-corrected chi connectivity index (χ1v) is 10.7. The molecular weight excluding hydrogens is 411 g/mol. The predicted molar refractivity (Wildman–Crippen MR) is 95.4 cm³/mol. The highest BCUT2D eigenvalue weighted by atomic mass is 35.5. The molecule has 2 aromatic rings. The lowest BCUT2D eigenvalue weighted by atomic mass is 9.99. The first kappa shape index (κ1) is 18.6. The van der Waals surface area contributed by atoms with Gasteiger partial charge in [-0.05, 0) is 18.9 Å². The van der Waals surface area contributed by atoms with Crippen molar-refractivity contribution < 1.29 is 17.6 Å². The normalized spacial score (nSPS) is 19.1. The van der Waals surface area contributed by atoms with Crippen molar-refractivity contribution in [1.82, 2.24) is 14.5 Å². The third-order valence-corrected chi connectivity index (χ3v) is 6.52. The van der Waals surface area contributed by atoms with Crippen molar-refractivity contribution in [2.45, 2.75) is 12.8 Å². The number of sulfonamides is 1. The Morgan fingerprint density at radius 2 is 2.20 bits per heavy atom. The number of hydrogen-bond acceptors (Lipinski definition) is 7. The van der Waals surface area contributed by atoms with Crippen molar-refractivity contribution in [3.63, 3.8) is 0 Å². The molecule has 3 heterocycles. The Morgan fingerprint density at radius 1 is 1.44 bits per heavy atom. The number of anilines is 1. The van der Waals surface area contributed by atoms with E-state index in [1.54, 1.807) is 6.07 Å². The quantitative estimate of drug-likeness (QED) is 0.808. The molecule has 1 saturated heterocycles. The fourth-order valence-electron chi connectivity index (χ4n) is 2.53. The van der Waals surface area contributed by atoms with Gasteiger partial charge in [0, 0.05) is 13.1 Å². The van der Waals surface area contributed by atoms with Crippen LogP contribution in [-0.4, -0.2) is 48.2 Å². The molecule has 1 aliphatic rings. The molecule has 1 atom stereocenters. The third kappa shape index (κ3) is 4.32. The van der Waals surface area contributed by atoms with Gasteiger partial charge in [-0.3, -0.25) is 10.1 Å². The van der Waals surface area contributed by atoms with Gasteiger partial charge in [-0.25, -0.2) is 12.7 Å². The van der Waals surface area contributed by atoms with Crippen LogP contribution in [0.25, 0.3) is 11.5 Å². The van der Waals surface area contributed by atoms with E-state index in [1.807, 2.05) is 0 Å². The van der Waals surface area contributed by atoms with Gasteiger partial charge in [0.05, 0.1) is 22.1 Å². The second-order valence-electron chi connectivity index (χ2n) is 5.60. The number of nitrogens with zero attached hydrogens (tertiary/aromatic N) is 3. The minimum atomic E-state index is -3.32. The van der Waals surface area contributed by atoms with Gasteiger partial charge in [0.1, 0.15) is 4.34 Å². The molecule has 12 heteroatoms. The SMILES string of the molecule is CS(=O)(=O)N1CCC[C@@H](C(=O)Nc2nnc(-c3cc(Cl)sc3Cl)o2)C1. The summed E-state index contributed by atoms with van der Waals surface area (Å²) in [5.74, 6) is -0.694. The Labute approximate surface area is 158 Å². The number of halogens is 2. The van der Waals surface area contributed by atoms with Crippen LogP contribution < -0.4 is 5.32 Å². The minimum absolute atomic E-state index is 0.0742. The lowest BCUT2D eigenvalue weighted by Gasteiger charge is -2.29. The Bertz CT molecular complexity index is 896. The lowest BCUT2D eigenvalue weighted by Crippen LogP contribution is -2.43. The summed E-state index contributed by atoms with van der Waals surface area (Å²) in [6, 6.07) is 1.52. The highest BCUT2D eigenvalue weighted by Gasteiger charge is 2.31. The van der Waals surface area contributed by atoms with Crippen LogP contribution >= 0.6 is 34.5 Å². The summed E-state index contributed by atoms with van der Waals surface area (Å²) >= 11 is 13.1. The lowest BCUT2D eigenvalue weighted by molar-refractivity contribution is -0.121. The Hall–Kier alpha value is -1.20. The number of rotatable bonds is 4. The zero-order chi connectivity index (χ0) is 18.2. The van der Waals surface area contributed by atoms with Crippen LogP contribution in [0, 0.1) is 5.92 Å². The van der Waals surface area contributed by atoms with Crippen LogP contribution in [0.1, 0.15) is 12.8 Å². The Morgan fingerprint density at radius 3 is 2.84 bits per heavy atom. The molecule has 0 radical (unpaired) electrons. The molecule has 0 spiro atoms. The van der Waals surface area contributed by atoms with Gasteiger partial charge in [-0.1, -0.05) is 28.3 Å². The summed E-state index contributed by atoms with van der Waals surface area (Å²) in [6.45, 7) is 0.558. The van der Waals surface area contributed by atoms with E-state index in [4.69, 9.17) is 27.6 Å². The predicted octanol–water partition coefficient (Wildman–Crippen LogP) is 2.72. The summed E-state index contributed by atoms with van der Waals surface area (Å²) in [5, 5.41) is 10.1. The van der Waals surface area contributed by atoms with E-state index in [2.05, 4.69) is 15.5 Å². The molecule has 3 rings (SSSR count). The second kappa shape index (κ2) is 7.20. The van der Waals surface area contributed by atoms with Crippen molar-refractivity contribution >= 4 is 56.5 Å². The van der Waals surface area contributed by atoms with Crippen molar-refractivity contribution in [1.29, 1.82) is 0 Å². The van der Waals surface area contributed by atoms with Crippen molar-refractivity contribution in [2.75, 3.05) is 24.7 Å².